The molecule has 2 nitrogen and oxygen atoms in total. The summed E-state index contributed by atoms with van der Waals surface area (Å²) in [7, 11) is 0. The Hall–Kier alpha value is -0.0800. The van der Waals surface area contributed by atoms with Crippen molar-refractivity contribution in [3.8, 4) is 0 Å². The van der Waals surface area contributed by atoms with Crippen molar-refractivity contribution < 1.29 is 9.59 Å². The minimum atomic E-state index is -0.214. The SMILES string of the molecule is CC(CCCCCCCCCCCC(=O)Cl)CC(=O)Cl. The van der Waals surface area contributed by atoms with Crippen LogP contribution in [-0.4, -0.2) is 10.5 Å². The highest BCUT2D eigenvalue weighted by molar-refractivity contribution is 6.63. The summed E-state index contributed by atoms with van der Waals surface area (Å²) in [4.78, 5) is 21.2. The quantitative estimate of drug-likeness (QED) is 0.297. The zero-order chi connectivity index (χ0) is 15.2. The molecule has 0 N–H and O–H groups in total. The topological polar surface area (TPSA) is 34.1 Å². The van der Waals surface area contributed by atoms with Crippen LogP contribution < -0.4 is 0 Å². The number of rotatable bonds is 14. The van der Waals surface area contributed by atoms with Gasteiger partial charge in [-0.2, -0.15) is 0 Å². The van der Waals surface area contributed by atoms with Crippen molar-refractivity contribution in [2.45, 2.75) is 84.0 Å². The molecule has 0 aliphatic heterocycles. The molecule has 1 unspecified atom stereocenters. The lowest BCUT2D eigenvalue weighted by Gasteiger charge is -2.08. The smallest absolute Gasteiger partial charge is 0.221 e. The second-order valence-corrected chi connectivity index (χ2v) is 6.58. The van der Waals surface area contributed by atoms with Crippen LogP contribution in [0.1, 0.15) is 84.0 Å². The van der Waals surface area contributed by atoms with Crippen LogP contribution in [0.5, 0.6) is 0 Å². The monoisotopic (exact) mass is 322 g/mol. The van der Waals surface area contributed by atoms with Crippen LogP contribution in [0.15, 0.2) is 0 Å². The fourth-order valence-corrected chi connectivity index (χ4v) is 2.77. The van der Waals surface area contributed by atoms with Crippen LogP contribution in [0.2, 0.25) is 0 Å². The van der Waals surface area contributed by atoms with E-state index in [9.17, 15) is 9.59 Å². The Morgan fingerprint density at radius 1 is 0.750 bits per heavy atom. The van der Waals surface area contributed by atoms with E-state index in [0.29, 0.717) is 18.8 Å². The van der Waals surface area contributed by atoms with Crippen LogP contribution in [0.4, 0.5) is 0 Å². The molecule has 0 aromatic heterocycles. The molecule has 0 saturated heterocycles. The Bertz CT molecular complexity index is 267. The highest BCUT2D eigenvalue weighted by atomic mass is 35.5. The molecule has 118 valence electrons. The van der Waals surface area contributed by atoms with Gasteiger partial charge in [-0.05, 0) is 35.5 Å². The predicted octanol–water partition coefficient (Wildman–Crippen LogP) is 5.83. The van der Waals surface area contributed by atoms with Crippen molar-refractivity contribution in [2.24, 2.45) is 5.92 Å². The van der Waals surface area contributed by atoms with Gasteiger partial charge in [0.05, 0.1) is 0 Å². The first-order chi connectivity index (χ1) is 9.52. The summed E-state index contributed by atoms with van der Waals surface area (Å²) in [5, 5.41) is -0.427. The van der Waals surface area contributed by atoms with Crippen molar-refractivity contribution in [2.75, 3.05) is 0 Å². The molecule has 0 radical (unpaired) electrons. The second kappa shape index (κ2) is 13.9. The van der Waals surface area contributed by atoms with Crippen LogP contribution in [0.3, 0.4) is 0 Å². The largest absolute Gasteiger partial charge is 0.281 e. The Kier molecular flexibility index (Phi) is 13.8. The molecular weight excluding hydrogens is 295 g/mol. The Balaban J connectivity index is 3.13. The first kappa shape index (κ1) is 19.9. The molecule has 0 aromatic rings. The van der Waals surface area contributed by atoms with Crippen LogP contribution in [0.25, 0.3) is 0 Å². The predicted molar refractivity (Wildman–Crippen MR) is 86.3 cm³/mol. The highest BCUT2D eigenvalue weighted by Gasteiger charge is 2.06. The molecule has 0 heterocycles. The number of halogens is 2. The molecule has 0 aromatic carbocycles. The summed E-state index contributed by atoms with van der Waals surface area (Å²) in [6.45, 7) is 2.09. The number of carbonyl (C=O) groups is 2. The molecule has 0 aliphatic rings. The van der Waals surface area contributed by atoms with Crippen molar-refractivity contribution in [3.05, 3.63) is 0 Å². The number of hydrogen-bond acceptors (Lipinski definition) is 2. The normalized spacial score (nSPS) is 12.3. The zero-order valence-corrected chi connectivity index (χ0v) is 14.1. The maximum Gasteiger partial charge on any atom is 0.221 e. The van der Waals surface area contributed by atoms with Crippen LogP contribution >= 0.6 is 23.2 Å². The van der Waals surface area contributed by atoms with E-state index in [4.69, 9.17) is 23.2 Å². The minimum Gasteiger partial charge on any atom is -0.281 e. The van der Waals surface area contributed by atoms with Crippen molar-refractivity contribution >= 4 is 33.7 Å². The third-order valence-electron chi connectivity index (χ3n) is 3.58. The fourth-order valence-electron chi connectivity index (χ4n) is 2.37. The van der Waals surface area contributed by atoms with Crippen LogP contribution in [-0.2, 0) is 9.59 Å². The van der Waals surface area contributed by atoms with Gasteiger partial charge in [-0.3, -0.25) is 9.59 Å². The van der Waals surface area contributed by atoms with Gasteiger partial charge in [0.2, 0.25) is 10.5 Å². The molecule has 0 bridgehead atoms. The summed E-state index contributed by atoms with van der Waals surface area (Å²) in [6.07, 6.45) is 12.9. The average molecular weight is 323 g/mol. The Morgan fingerprint density at radius 3 is 1.65 bits per heavy atom. The Labute approximate surface area is 133 Å². The lowest BCUT2D eigenvalue weighted by Crippen LogP contribution is -1.99. The Morgan fingerprint density at radius 2 is 1.20 bits per heavy atom. The van der Waals surface area contributed by atoms with Crippen LogP contribution in [0, 0.1) is 5.92 Å². The van der Waals surface area contributed by atoms with Gasteiger partial charge in [0.15, 0.2) is 0 Å². The highest BCUT2D eigenvalue weighted by Crippen LogP contribution is 2.16. The van der Waals surface area contributed by atoms with Gasteiger partial charge < -0.3 is 0 Å². The molecule has 1 atom stereocenters. The first-order valence-electron chi connectivity index (χ1n) is 7.89. The second-order valence-electron chi connectivity index (χ2n) is 5.74. The van der Waals surface area contributed by atoms with E-state index in [0.717, 1.165) is 19.3 Å². The maximum absolute atomic E-state index is 10.7. The van der Waals surface area contributed by atoms with E-state index in [1.807, 2.05) is 0 Å². The number of unbranched alkanes of at least 4 members (excludes halogenated alkanes) is 8. The summed E-state index contributed by atoms with van der Waals surface area (Å²) in [6, 6.07) is 0. The molecule has 20 heavy (non-hydrogen) atoms. The summed E-state index contributed by atoms with van der Waals surface area (Å²) in [5.74, 6) is 0.421. The fraction of sp³-hybridized carbons (Fsp3) is 0.875. The van der Waals surface area contributed by atoms with E-state index in [1.165, 1.54) is 44.9 Å². The van der Waals surface area contributed by atoms with E-state index >= 15 is 0 Å². The summed E-state index contributed by atoms with van der Waals surface area (Å²) in [5.41, 5.74) is 0. The molecule has 0 amide bonds. The van der Waals surface area contributed by atoms with Gasteiger partial charge in [-0.25, -0.2) is 0 Å². The van der Waals surface area contributed by atoms with Gasteiger partial charge in [0.1, 0.15) is 0 Å². The van der Waals surface area contributed by atoms with Gasteiger partial charge in [0.25, 0.3) is 0 Å². The number of carbonyl (C=O) groups excluding carboxylic acids is 2. The van der Waals surface area contributed by atoms with Gasteiger partial charge >= 0.3 is 0 Å². The summed E-state index contributed by atoms with van der Waals surface area (Å²) >= 11 is 10.6. The van der Waals surface area contributed by atoms with Gasteiger partial charge in [-0.1, -0.05) is 64.7 Å². The lowest BCUT2D eigenvalue weighted by molar-refractivity contribution is -0.113. The molecule has 4 heteroatoms. The third kappa shape index (κ3) is 16.0. The standard InChI is InChI=1S/C16H28Cl2O2/c1-14(13-16(18)20)11-9-7-5-3-2-4-6-8-10-12-15(17)19/h14H,2-13H2,1H3. The molecular formula is C16H28Cl2O2. The van der Waals surface area contributed by atoms with Crippen molar-refractivity contribution in [1.82, 2.24) is 0 Å². The molecule has 0 fully saturated rings. The molecule has 0 aliphatic carbocycles. The lowest BCUT2D eigenvalue weighted by atomic mass is 9.99. The van der Waals surface area contributed by atoms with Gasteiger partial charge in [0, 0.05) is 12.8 Å². The van der Waals surface area contributed by atoms with Crippen molar-refractivity contribution in [1.29, 1.82) is 0 Å². The maximum atomic E-state index is 10.7. The summed E-state index contributed by atoms with van der Waals surface area (Å²) < 4.78 is 0. The third-order valence-corrected chi connectivity index (χ3v) is 3.92. The molecule has 0 spiro atoms. The van der Waals surface area contributed by atoms with Gasteiger partial charge in [-0.15, -0.1) is 0 Å². The number of hydrogen-bond donors (Lipinski definition) is 0. The average Bonchev–Trinajstić information content (AvgIpc) is 2.34. The first-order valence-corrected chi connectivity index (χ1v) is 8.64. The minimum absolute atomic E-state index is 0.213. The van der Waals surface area contributed by atoms with E-state index < -0.39 is 0 Å². The molecule has 0 saturated carbocycles. The van der Waals surface area contributed by atoms with E-state index in [2.05, 4.69) is 6.92 Å². The van der Waals surface area contributed by atoms with Crippen molar-refractivity contribution in [3.63, 3.8) is 0 Å². The van der Waals surface area contributed by atoms with E-state index in [1.54, 1.807) is 0 Å². The zero-order valence-electron chi connectivity index (χ0n) is 12.6. The van der Waals surface area contributed by atoms with E-state index in [-0.39, 0.29) is 10.5 Å². The molecule has 0 rings (SSSR count).